The normalized spacial score (nSPS) is 10.3. The molecule has 2 rings (SSSR count). The van der Waals surface area contributed by atoms with Crippen LogP contribution in [0.4, 0.5) is 5.69 Å². The van der Waals surface area contributed by atoms with Crippen molar-refractivity contribution < 1.29 is 14.3 Å². The van der Waals surface area contributed by atoms with Gasteiger partial charge in [-0.1, -0.05) is 41.4 Å². The molecule has 0 aliphatic carbocycles. The van der Waals surface area contributed by atoms with Crippen molar-refractivity contribution >= 4 is 40.8 Å². The molecular formula is C18H17Cl2NO3. The topological polar surface area (TPSA) is 55.4 Å². The molecule has 0 saturated carbocycles. The maximum absolute atomic E-state index is 11.9. The Bertz CT molecular complexity index is 755. The van der Waals surface area contributed by atoms with Gasteiger partial charge in [-0.3, -0.25) is 9.59 Å². The number of nitrogens with one attached hydrogen (secondary N) is 1. The lowest BCUT2D eigenvalue weighted by Crippen LogP contribution is -2.22. The van der Waals surface area contributed by atoms with E-state index in [0.717, 1.165) is 11.1 Å². The fourth-order valence-electron chi connectivity index (χ4n) is 2.10. The van der Waals surface area contributed by atoms with Crippen molar-refractivity contribution in [3.8, 4) is 0 Å². The molecular weight excluding hydrogens is 349 g/mol. The van der Waals surface area contributed by atoms with E-state index in [1.54, 1.807) is 18.2 Å². The minimum absolute atomic E-state index is 0.0880. The minimum atomic E-state index is -0.568. The summed E-state index contributed by atoms with van der Waals surface area (Å²) >= 11 is 12.0. The molecule has 0 aliphatic heterocycles. The third-order valence-corrected chi connectivity index (χ3v) is 4.12. The van der Waals surface area contributed by atoms with Crippen molar-refractivity contribution in [2.24, 2.45) is 0 Å². The van der Waals surface area contributed by atoms with Crippen molar-refractivity contribution in [1.29, 1.82) is 0 Å². The van der Waals surface area contributed by atoms with Crippen LogP contribution in [0.5, 0.6) is 0 Å². The molecule has 0 aliphatic rings. The average Bonchev–Trinajstić information content (AvgIpc) is 2.53. The second-order valence-corrected chi connectivity index (χ2v) is 6.22. The lowest BCUT2D eigenvalue weighted by molar-refractivity contribution is -0.146. The second-order valence-electron chi connectivity index (χ2n) is 5.40. The van der Waals surface area contributed by atoms with Crippen molar-refractivity contribution in [2.75, 3.05) is 11.9 Å². The van der Waals surface area contributed by atoms with E-state index in [2.05, 4.69) is 5.32 Å². The zero-order chi connectivity index (χ0) is 17.7. The molecule has 0 fully saturated rings. The number of benzene rings is 2. The summed E-state index contributed by atoms with van der Waals surface area (Å²) in [5.74, 6) is -0.969. The maximum atomic E-state index is 11.9. The van der Waals surface area contributed by atoms with Crippen LogP contribution < -0.4 is 5.32 Å². The van der Waals surface area contributed by atoms with E-state index in [0.29, 0.717) is 21.3 Å². The Hall–Kier alpha value is -2.04. The highest BCUT2D eigenvalue weighted by atomic mass is 35.5. The molecule has 0 spiro atoms. The van der Waals surface area contributed by atoms with Crippen LogP contribution in [0, 0.1) is 13.8 Å². The Morgan fingerprint density at radius 2 is 1.75 bits per heavy atom. The van der Waals surface area contributed by atoms with E-state index in [4.69, 9.17) is 27.9 Å². The highest BCUT2D eigenvalue weighted by Gasteiger charge is 2.14. The van der Waals surface area contributed by atoms with E-state index in [1.165, 1.54) is 0 Å². The summed E-state index contributed by atoms with van der Waals surface area (Å²) in [5, 5.41) is 3.50. The molecule has 126 valence electrons. The first-order valence-electron chi connectivity index (χ1n) is 7.32. The number of carbonyl (C=O) groups is 2. The Labute approximate surface area is 150 Å². The van der Waals surface area contributed by atoms with Crippen LogP contribution in [0.1, 0.15) is 16.7 Å². The summed E-state index contributed by atoms with van der Waals surface area (Å²) in [4.78, 5) is 23.8. The van der Waals surface area contributed by atoms with Crippen molar-refractivity contribution in [2.45, 2.75) is 20.3 Å². The standard InChI is InChI=1S/C18H17Cl2NO3/c1-11-6-7-12(2)16(8-11)21-17(22)10-24-18(23)9-13-14(19)4-3-5-15(13)20/h3-8H,9-10H2,1-2H3,(H,21,22). The van der Waals surface area contributed by atoms with Gasteiger partial charge in [0, 0.05) is 21.3 Å². The summed E-state index contributed by atoms with van der Waals surface area (Å²) in [6, 6.07) is 10.7. The number of esters is 1. The number of ether oxygens (including phenoxy) is 1. The summed E-state index contributed by atoms with van der Waals surface area (Å²) in [6.45, 7) is 3.46. The minimum Gasteiger partial charge on any atom is -0.455 e. The first kappa shape index (κ1) is 18.3. The Morgan fingerprint density at radius 3 is 2.42 bits per heavy atom. The third kappa shape index (κ3) is 4.98. The number of aryl methyl sites for hydroxylation is 2. The summed E-state index contributed by atoms with van der Waals surface area (Å²) < 4.78 is 4.99. The van der Waals surface area contributed by atoms with Gasteiger partial charge in [0.1, 0.15) is 0 Å². The van der Waals surface area contributed by atoms with Crippen LogP contribution in [-0.4, -0.2) is 18.5 Å². The monoisotopic (exact) mass is 365 g/mol. The molecule has 6 heteroatoms. The zero-order valence-electron chi connectivity index (χ0n) is 13.4. The molecule has 1 N–H and O–H groups in total. The van der Waals surface area contributed by atoms with Gasteiger partial charge >= 0.3 is 5.97 Å². The number of rotatable bonds is 5. The number of hydrogen-bond acceptors (Lipinski definition) is 3. The SMILES string of the molecule is Cc1ccc(C)c(NC(=O)COC(=O)Cc2c(Cl)cccc2Cl)c1. The molecule has 0 radical (unpaired) electrons. The lowest BCUT2D eigenvalue weighted by Gasteiger charge is -2.10. The number of carbonyl (C=O) groups excluding carboxylic acids is 2. The van der Waals surface area contributed by atoms with Gasteiger partial charge in [0.25, 0.3) is 5.91 Å². The van der Waals surface area contributed by atoms with Crippen molar-refractivity contribution in [1.82, 2.24) is 0 Å². The molecule has 0 atom stereocenters. The molecule has 4 nitrogen and oxygen atoms in total. The second kappa shape index (κ2) is 8.18. The van der Waals surface area contributed by atoms with Crippen LogP contribution in [0.25, 0.3) is 0 Å². The largest absolute Gasteiger partial charge is 0.455 e. The van der Waals surface area contributed by atoms with Crippen LogP contribution in [-0.2, 0) is 20.7 Å². The number of halogens is 2. The van der Waals surface area contributed by atoms with Gasteiger partial charge in [-0.15, -0.1) is 0 Å². The Morgan fingerprint density at radius 1 is 1.08 bits per heavy atom. The Balaban J connectivity index is 1.89. The van der Waals surface area contributed by atoms with E-state index in [9.17, 15) is 9.59 Å². The lowest BCUT2D eigenvalue weighted by atomic mass is 10.1. The first-order valence-corrected chi connectivity index (χ1v) is 8.08. The molecule has 24 heavy (non-hydrogen) atoms. The quantitative estimate of drug-likeness (QED) is 0.802. The van der Waals surface area contributed by atoms with Gasteiger partial charge in [-0.05, 0) is 43.2 Å². The zero-order valence-corrected chi connectivity index (χ0v) is 14.9. The maximum Gasteiger partial charge on any atom is 0.310 e. The first-order chi connectivity index (χ1) is 11.4. The van der Waals surface area contributed by atoms with Gasteiger partial charge in [-0.2, -0.15) is 0 Å². The van der Waals surface area contributed by atoms with Crippen LogP contribution in [0.3, 0.4) is 0 Å². The van der Waals surface area contributed by atoms with Crippen molar-refractivity contribution in [3.63, 3.8) is 0 Å². The van der Waals surface area contributed by atoms with Gasteiger partial charge in [0.2, 0.25) is 0 Å². The van der Waals surface area contributed by atoms with Gasteiger partial charge in [0.05, 0.1) is 6.42 Å². The molecule has 0 aromatic heterocycles. The highest BCUT2D eigenvalue weighted by molar-refractivity contribution is 6.36. The van der Waals surface area contributed by atoms with Crippen molar-refractivity contribution in [3.05, 3.63) is 63.1 Å². The molecule has 2 aromatic carbocycles. The number of hydrogen-bond donors (Lipinski definition) is 1. The van der Waals surface area contributed by atoms with Gasteiger partial charge < -0.3 is 10.1 Å². The average molecular weight is 366 g/mol. The van der Waals surface area contributed by atoms with Crippen LogP contribution in [0.15, 0.2) is 36.4 Å². The molecule has 2 aromatic rings. The highest BCUT2D eigenvalue weighted by Crippen LogP contribution is 2.24. The third-order valence-electron chi connectivity index (χ3n) is 3.41. The Kier molecular flexibility index (Phi) is 6.23. The molecule has 0 bridgehead atoms. The van der Waals surface area contributed by atoms with E-state index >= 15 is 0 Å². The number of anilines is 1. The van der Waals surface area contributed by atoms with Crippen LogP contribution >= 0.6 is 23.2 Å². The summed E-state index contributed by atoms with van der Waals surface area (Å²) in [7, 11) is 0. The molecule has 0 unspecified atom stereocenters. The predicted octanol–water partition coefficient (Wildman–Crippen LogP) is 4.33. The smallest absolute Gasteiger partial charge is 0.310 e. The summed E-state index contributed by atoms with van der Waals surface area (Å²) in [6.07, 6.45) is -0.0880. The van der Waals surface area contributed by atoms with Crippen LogP contribution in [0.2, 0.25) is 10.0 Å². The van der Waals surface area contributed by atoms with E-state index < -0.39 is 11.9 Å². The molecule has 0 heterocycles. The van der Waals surface area contributed by atoms with E-state index in [1.807, 2.05) is 32.0 Å². The predicted molar refractivity (Wildman–Crippen MR) is 95.7 cm³/mol. The summed E-state index contributed by atoms with van der Waals surface area (Å²) in [5.41, 5.74) is 3.15. The molecule has 0 saturated heterocycles. The van der Waals surface area contributed by atoms with Gasteiger partial charge in [0.15, 0.2) is 6.61 Å². The molecule has 1 amide bonds. The number of amides is 1. The van der Waals surface area contributed by atoms with E-state index in [-0.39, 0.29) is 13.0 Å². The fourth-order valence-corrected chi connectivity index (χ4v) is 2.63. The fraction of sp³-hybridized carbons (Fsp3) is 0.222. The van der Waals surface area contributed by atoms with Gasteiger partial charge in [-0.25, -0.2) is 0 Å².